The van der Waals surface area contributed by atoms with Crippen LogP contribution in [-0.2, 0) is 4.79 Å². The smallest absolute Gasteiger partial charge is 0.240 e. The number of carbonyl (C=O) groups excluding carboxylic acids is 1. The lowest BCUT2D eigenvalue weighted by Crippen LogP contribution is -2.42. The highest BCUT2D eigenvalue weighted by molar-refractivity contribution is 5.85. The van der Waals surface area contributed by atoms with Gasteiger partial charge in [0.25, 0.3) is 0 Å². The number of likely N-dealkylation sites (N-methyl/N-ethyl adjacent to an activating group) is 1. The topological polar surface area (TPSA) is 56.1 Å². The predicted molar refractivity (Wildman–Crippen MR) is 74.0 cm³/mol. The molecular formula is C14H27N3O. The van der Waals surface area contributed by atoms with Crippen LogP contribution in [0.4, 0.5) is 0 Å². The summed E-state index contributed by atoms with van der Waals surface area (Å²) in [5.41, 5.74) is -0.825. The quantitative estimate of drug-likeness (QED) is 0.685. The van der Waals surface area contributed by atoms with Gasteiger partial charge in [-0.1, -0.05) is 33.6 Å². The Morgan fingerprint density at radius 1 is 1.28 bits per heavy atom. The molecule has 0 aromatic rings. The van der Waals surface area contributed by atoms with Crippen molar-refractivity contribution in [1.82, 2.24) is 10.2 Å². The summed E-state index contributed by atoms with van der Waals surface area (Å²) in [5.74, 6) is -0.0989. The van der Waals surface area contributed by atoms with Crippen molar-refractivity contribution in [3.05, 3.63) is 0 Å². The lowest BCUT2D eigenvalue weighted by Gasteiger charge is -2.25. The van der Waals surface area contributed by atoms with Crippen LogP contribution in [0, 0.1) is 16.7 Å². The normalized spacial score (nSPS) is 11.3. The van der Waals surface area contributed by atoms with Gasteiger partial charge in [-0.15, -0.1) is 0 Å². The van der Waals surface area contributed by atoms with Crippen molar-refractivity contribution in [1.29, 1.82) is 5.26 Å². The minimum absolute atomic E-state index is 0.0989. The van der Waals surface area contributed by atoms with Gasteiger partial charge >= 0.3 is 0 Å². The maximum Gasteiger partial charge on any atom is 0.240 e. The van der Waals surface area contributed by atoms with Crippen molar-refractivity contribution in [2.24, 2.45) is 5.41 Å². The zero-order valence-corrected chi connectivity index (χ0v) is 12.3. The molecule has 18 heavy (non-hydrogen) atoms. The molecule has 0 heterocycles. The van der Waals surface area contributed by atoms with E-state index in [9.17, 15) is 10.1 Å². The van der Waals surface area contributed by atoms with Crippen LogP contribution < -0.4 is 5.32 Å². The second-order valence-corrected chi connectivity index (χ2v) is 4.85. The minimum atomic E-state index is -0.825. The number of rotatable bonds is 9. The molecule has 4 heteroatoms. The first kappa shape index (κ1) is 16.9. The molecule has 0 radical (unpaired) electrons. The molecule has 0 spiro atoms. The Bertz CT molecular complexity index is 277. The summed E-state index contributed by atoms with van der Waals surface area (Å²) in [4.78, 5) is 14.3. The SMILES string of the molecule is CCCC(C#N)(CCC)C(=O)NCCN(C)CC. The Labute approximate surface area is 111 Å². The molecule has 1 N–H and O–H groups in total. The van der Waals surface area contributed by atoms with E-state index in [0.717, 1.165) is 25.9 Å². The van der Waals surface area contributed by atoms with E-state index in [1.54, 1.807) is 0 Å². The minimum Gasteiger partial charge on any atom is -0.353 e. The second-order valence-electron chi connectivity index (χ2n) is 4.85. The van der Waals surface area contributed by atoms with Crippen molar-refractivity contribution < 1.29 is 4.79 Å². The van der Waals surface area contributed by atoms with Crippen LogP contribution in [0.2, 0.25) is 0 Å². The first-order chi connectivity index (χ1) is 8.56. The molecule has 0 aromatic heterocycles. The van der Waals surface area contributed by atoms with Gasteiger partial charge in [-0.05, 0) is 26.4 Å². The van der Waals surface area contributed by atoms with E-state index in [0.29, 0.717) is 19.4 Å². The Balaban J connectivity index is 4.43. The summed E-state index contributed by atoms with van der Waals surface area (Å²) >= 11 is 0. The lowest BCUT2D eigenvalue weighted by atomic mass is 9.80. The van der Waals surface area contributed by atoms with E-state index in [-0.39, 0.29) is 5.91 Å². The Kier molecular flexibility index (Phi) is 8.40. The fraction of sp³-hybridized carbons (Fsp3) is 0.857. The number of hydrogen-bond donors (Lipinski definition) is 1. The van der Waals surface area contributed by atoms with E-state index in [1.807, 2.05) is 20.9 Å². The van der Waals surface area contributed by atoms with E-state index in [4.69, 9.17) is 0 Å². The Hall–Kier alpha value is -1.08. The summed E-state index contributed by atoms with van der Waals surface area (Å²) < 4.78 is 0. The molecule has 0 aliphatic carbocycles. The first-order valence-corrected chi connectivity index (χ1v) is 6.94. The average molecular weight is 253 g/mol. The van der Waals surface area contributed by atoms with Crippen LogP contribution in [0.1, 0.15) is 46.5 Å². The number of nitrogens with one attached hydrogen (secondary N) is 1. The molecule has 1 amide bonds. The van der Waals surface area contributed by atoms with Gasteiger partial charge in [-0.2, -0.15) is 5.26 Å². The van der Waals surface area contributed by atoms with E-state index >= 15 is 0 Å². The number of nitrogens with zero attached hydrogens (tertiary/aromatic N) is 2. The summed E-state index contributed by atoms with van der Waals surface area (Å²) in [6.07, 6.45) is 3.01. The number of nitriles is 1. The number of carbonyl (C=O) groups is 1. The molecule has 0 unspecified atom stereocenters. The van der Waals surface area contributed by atoms with E-state index in [2.05, 4.69) is 23.2 Å². The van der Waals surface area contributed by atoms with Gasteiger partial charge in [0.2, 0.25) is 5.91 Å². The van der Waals surface area contributed by atoms with Gasteiger partial charge in [-0.3, -0.25) is 4.79 Å². The second kappa shape index (κ2) is 8.93. The molecule has 0 aliphatic rings. The Morgan fingerprint density at radius 2 is 1.83 bits per heavy atom. The third-order valence-corrected chi connectivity index (χ3v) is 3.32. The zero-order chi connectivity index (χ0) is 14.0. The van der Waals surface area contributed by atoms with Crippen LogP contribution in [0.3, 0.4) is 0 Å². The monoisotopic (exact) mass is 253 g/mol. The highest BCUT2D eigenvalue weighted by Gasteiger charge is 2.36. The lowest BCUT2D eigenvalue weighted by molar-refractivity contribution is -0.128. The molecule has 0 fully saturated rings. The van der Waals surface area contributed by atoms with Crippen molar-refractivity contribution in [2.45, 2.75) is 46.5 Å². The fourth-order valence-corrected chi connectivity index (χ4v) is 2.06. The summed E-state index contributed by atoms with van der Waals surface area (Å²) in [6.45, 7) is 8.50. The summed E-state index contributed by atoms with van der Waals surface area (Å²) in [5, 5.41) is 12.2. The van der Waals surface area contributed by atoms with Crippen LogP contribution in [-0.4, -0.2) is 37.5 Å². The predicted octanol–water partition coefficient (Wildman–Crippen LogP) is 2.16. The summed E-state index contributed by atoms with van der Waals surface area (Å²) in [6, 6.07) is 2.24. The molecule has 0 rings (SSSR count). The van der Waals surface area contributed by atoms with Crippen LogP contribution in [0.15, 0.2) is 0 Å². The molecule has 0 aliphatic heterocycles. The molecule has 0 aromatic carbocycles. The highest BCUT2D eigenvalue weighted by Crippen LogP contribution is 2.29. The number of hydrogen-bond acceptors (Lipinski definition) is 3. The zero-order valence-electron chi connectivity index (χ0n) is 12.3. The number of amides is 1. The van der Waals surface area contributed by atoms with Gasteiger partial charge in [0.15, 0.2) is 0 Å². The van der Waals surface area contributed by atoms with Crippen LogP contribution in [0.25, 0.3) is 0 Å². The van der Waals surface area contributed by atoms with Crippen LogP contribution >= 0.6 is 0 Å². The molecule has 0 saturated heterocycles. The first-order valence-electron chi connectivity index (χ1n) is 6.94. The molecule has 0 bridgehead atoms. The molecular weight excluding hydrogens is 226 g/mol. The Morgan fingerprint density at radius 3 is 2.22 bits per heavy atom. The molecule has 4 nitrogen and oxygen atoms in total. The highest BCUT2D eigenvalue weighted by atomic mass is 16.2. The fourth-order valence-electron chi connectivity index (χ4n) is 2.06. The van der Waals surface area contributed by atoms with Crippen molar-refractivity contribution in [2.75, 3.05) is 26.7 Å². The molecule has 0 saturated carbocycles. The van der Waals surface area contributed by atoms with E-state index < -0.39 is 5.41 Å². The van der Waals surface area contributed by atoms with E-state index in [1.165, 1.54) is 0 Å². The third kappa shape index (κ3) is 5.05. The van der Waals surface area contributed by atoms with Crippen molar-refractivity contribution in [3.8, 4) is 6.07 Å². The van der Waals surface area contributed by atoms with Crippen molar-refractivity contribution >= 4 is 5.91 Å². The molecule has 104 valence electrons. The maximum absolute atomic E-state index is 12.2. The van der Waals surface area contributed by atoms with Crippen molar-refractivity contribution in [3.63, 3.8) is 0 Å². The standard InChI is InChI=1S/C14H27N3O/c1-5-8-14(12-15,9-6-2)13(18)16-10-11-17(4)7-3/h5-11H2,1-4H3,(H,16,18). The van der Waals surface area contributed by atoms with Gasteiger partial charge < -0.3 is 10.2 Å². The van der Waals surface area contributed by atoms with Crippen LogP contribution in [0.5, 0.6) is 0 Å². The van der Waals surface area contributed by atoms with Gasteiger partial charge in [-0.25, -0.2) is 0 Å². The largest absolute Gasteiger partial charge is 0.353 e. The van der Waals surface area contributed by atoms with Gasteiger partial charge in [0.05, 0.1) is 6.07 Å². The summed E-state index contributed by atoms with van der Waals surface area (Å²) in [7, 11) is 2.02. The average Bonchev–Trinajstić information content (AvgIpc) is 2.37. The third-order valence-electron chi connectivity index (χ3n) is 3.32. The van der Waals surface area contributed by atoms with Gasteiger partial charge in [0, 0.05) is 13.1 Å². The molecule has 0 atom stereocenters. The van der Waals surface area contributed by atoms with Gasteiger partial charge in [0.1, 0.15) is 5.41 Å². The maximum atomic E-state index is 12.2.